The normalized spacial score (nSPS) is 17.2. The van der Waals surface area contributed by atoms with Crippen molar-refractivity contribution >= 4 is 5.82 Å². The summed E-state index contributed by atoms with van der Waals surface area (Å²) in [6.07, 6.45) is 2.64. The number of aromatic nitrogens is 1. The number of aryl methyl sites for hydroxylation is 1. The van der Waals surface area contributed by atoms with Gasteiger partial charge in [-0.1, -0.05) is 13.0 Å². The van der Waals surface area contributed by atoms with E-state index in [2.05, 4.69) is 22.9 Å². The molecule has 3 heteroatoms. The molecule has 0 aromatic carbocycles. The maximum Gasteiger partial charge on any atom is 0.131 e. The zero-order valence-corrected chi connectivity index (χ0v) is 7.77. The third-order valence-corrected chi connectivity index (χ3v) is 2.41. The van der Waals surface area contributed by atoms with Crippen LogP contribution in [0.5, 0.6) is 0 Å². The van der Waals surface area contributed by atoms with Gasteiger partial charge in [-0.3, -0.25) is 0 Å². The fraction of sp³-hybridized carbons (Fsp3) is 0.500. The topological polar surface area (TPSA) is 36.4 Å². The number of aliphatic hydroxyl groups is 1. The molecule has 0 unspecified atom stereocenters. The van der Waals surface area contributed by atoms with E-state index in [9.17, 15) is 5.11 Å². The highest BCUT2D eigenvalue weighted by Gasteiger charge is 2.26. The number of pyridine rings is 1. The lowest BCUT2D eigenvalue weighted by molar-refractivity contribution is 0.141. The van der Waals surface area contributed by atoms with Crippen LogP contribution in [0.4, 0.5) is 5.82 Å². The Morgan fingerprint density at radius 2 is 2.38 bits per heavy atom. The van der Waals surface area contributed by atoms with Crippen molar-refractivity contribution in [3.8, 4) is 0 Å². The summed E-state index contributed by atoms with van der Waals surface area (Å²) in [6, 6.07) is 4.05. The molecule has 0 radical (unpaired) electrons. The van der Waals surface area contributed by atoms with E-state index in [-0.39, 0.29) is 6.10 Å². The molecule has 1 saturated heterocycles. The predicted octanol–water partition coefficient (Wildman–Crippen LogP) is 0.825. The van der Waals surface area contributed by atoms with E-state index < -0.39 is 0 Å². The Morgan fingerprint density at radius 1 is 1.62 bits per heavy atom. The van der Waals surface area contributed by atoms with E-state index in [0.717, 1.165) is 25.3 Å². The van der Waals surface area contributed by atoms with Crippen molar-refractivity contribution in [1.29, 1.82) is 0 Å². The Balaban J connectivity index is 2.19. The first-order valence-corrected chi connectivity index (χ1v) is 4.68. The van der Waals surface area contributed by atoms with Crippen LogP contribution in [0.25, 0.3) is 0 Å². The molecule has 0 spiro atoms. The SMILES string of the molecule is CCc1cccnc1N1CC(O)C1. The van der Waals surface area contributed by atoms with Crippen LogP contribution in [0.15, 0.2) is 18.3 Å². The van der Waals surface area contributed by atoms with Gasteiger partial charge in [0.25, 0.3) is 0 Å². The number of aliphatic hydroxyl groups excluding tert-OH is 1. The van der Waals surface area contributed by atoms with Gasteiger partial charge >= 0.3 is 0 Å². The van der Waals surface area contributed by atoms with Crippen molar-refractivity contribution < 1.29 is 5.11 Å². The fourth-order valence-electron chi connectivity index (χ4n) is 1.62. The summed E-state index contributed by atoms with van der Waals surface area (Å²) < 4.78 is 0. The minimum absolute atomic E-state index is 0.160. The molecule has 0 bridgehead atoms. The molecule has 2 rings (SSSR count). The zero-order chi connectivity index (χ0) is 9.26. The summed E-state index contributed by atoms with van der Waals surface area (Å²) in [5, 5.41) is 9.17. The fourth-order valence-corrected chi connectivity index (χ4v) is 1.62. The number of nitrogens with zero attached hydrogens (tertiary/aromatic N) is 2. The smallest absolute Gasteiger partial charge is 0.131 e. The predicted molar refractivity (Wildman–Crippen MR) is 51.8 cm³/mol. The van der Waals surface area contributed by atoms with Gasteiger partial charge in [0.2, 0.25) is 0 Å². The van der Waals surface area contributed by atoms with Gasteiger partial charge in [-0.05, 0) is 18.1 Å². The van der Waals surface area contributed by atoms with Crippen molar-refractivity contribution in [2.24, 2.45) is 0 Å². The first-order valence-electron chi connectivity index (χ1n) is 4.68. The maximum atomic E-state index is 9.17. The van der Waals surface area contributed by atoms with Crippen LogP contribution in [-0.4, -0.2) is 29.3 Å². The minimum Gasteiger partial charge on any atom is -0.389 e. The lowest BCUT2D eigenvalue weighted by Crippen LogP contribution is -2.51. The largest absolute Gasteiger partial charge is 0.389 e. The lowest BCUT2D eigenvalue weighted by Gasteiger charge is -2.37. The Labute approximate surface area is 78.0 Å². The number of hydrogen-bond acceptors (Lipinski definition) is 3. The van der Waals surface area contributed by atoms with Crippen molar-refractivity contribution in [1.82, 2.24) is 4.98 Å². The summed E-state index contributed by atoms with van der Waals surface area (Å²) in [7, 11) is 0. The van der Waals surface area contributed by atoms with Gasteiger partial charge in [-0.2, -0.15) is 0 Å². The van der Waals surface area contributed by atoms with Crippen LogP contribution in [0.2, 0.25) is 0 Å². The van der Waals surface area contributed by atoms with Crippen LogP contribution in [0, 0.1) is 0 Å². The van der Waals surface area contributed by atoms with Crippen molar-refractivity contribution in [3.05, 3.63) is 23.9 Å². The summed E-state index contributed by atoms with van der Waals surface area (Å²) >= 11 is 0. The second-order valence-corrected chi connectivity index (χ2v) is 3.40. The summed E-state index contributed by atoms with van der Waals surface area (Å²) in [4.78, 5) is 6.44. The van der Waals surface area contributed by atoms with Gasteiger partial charge in [-0.25, -0.2) is 4.98 Å². The molecule has 2 heterocycles. The van der Waals surface area contributed by atoms with Gasteiger partial charge < -0.3 is 10.0 Å². The second kappa shape index (κ2) is 3.34. The third kappa shape index (κ3) is 1.52. The molecule has 1 aromatic heterocycles. The Hall–Kier alpha value is -1.09. The molecule has 1 N–H and O–H groups in total. The summed E-state index contributed by atoms with van der Waals surface area (Å²) in [6.45, 7) is 3.57. The van der Waals surface area contributed by atoms with E-state index >= 15 is 0 Å². The van der Waals surface area contributed by atoms with Crippen molar-refractivity contribution in [3.63, 3.8) is 0 Å². The molecular formula is C10H14N2O. The highest BCUT2D eigenvalue weighted by Crippen LogP contribution is 2.22. The van der Waals surface area contributed by atoms with E-state index in [1.165, 1.54) is 5.56 Å². The first-order chi connectivity index (χ1) is 6.31. The van der Waals surface area contributed by atoms with Gasteiger partial charge in [0.05, 0.1) is 6.10 Å². The molecular weight excluding hydrogens is 164 g/mol. The molecule has 1 aliphatic rings. The number of rotatable bonds is 2. The third-order valence-electron chi connectivity index (χ3n) is 2.41. The lowest BCUT2D eigenvalue weighted by atomic mass is 10.1. The van der Waals surface area contributed by atoms with Crippen LogP contribution in [-0.2, 0) is 6.42 Å². The van der Waals surface area contributed by atoms with Gasteiger partial charge in [0, 0.05) is 19.3 Å². The Morgan fingerprint density at radius 3 is 3.00 bits per heavy atom. The van der Waals surface area contributed by atoms with E-state index in [4.69, 9.17) is 0 Å². The molecule has 70 valence electrons. The Kier molecular flexibility index (Phi) is 2.19. The molecule has 0 aliphatic carbocycles. The molecule has 0 saturated carbocycles. The van der Waals surface area contributed by atoms with Crippen molar-refractivity contribution in [2.45, 2.75) is 19.4 Å². The monoisotopic (exact) mass is 178 g/mol. The molecule has 13 heavy (non-hydrogen) atoms. The molecule has 0 amide bonds. The molecule has 1 fully saturated rings. The minimum atomic E-state index is -0.160. The van der Waals surface area contributed by atoms with E-state index in [1.807, 2.05) is 6.07 Å². The first kappa shape index (κ1) is 8.51. The highest BCUT2D eigenvalue weighted by atomic mass is 16.3. The molecule has 1 aliphatic heterocycles. The molecule has 3 nitrogen and oxygen atoms in total. The van der Waals surface area contributed by atoms with Crippen molar-refractivity contribution in [2.75, 3.05) is 18.0 Å². The molecule has 0 atom stereocenters. The summed E-state index contributed by atoms with van der Waals surface area (Å²) in [5.41, 5.74) is 1.26. The molecule has 1 aromatic rings. The highest BCUT2D eigenvalue weighted by molar-refractivity contribution is 5.49. The van der Waals surface area contributed by atoms with E-state index in [0.29, 0.717) is 0 Å². The van der Waals surface area contributed by atoms with Gasteiger partial charge in [0.1, 0.15) is 5.82 Å². The summed E-state index contributed by atoms with van der Waals surface area (Å²) in [5.74, 6) is 1.04. The van der Waals surface area contributed by atoms with Crippen LogP contribution in [0.1, 0.15) is 12.5 Å². The quantitative estimate of drug-likeness (QED) is 0.728. The number of anilines is 1. The van der Waals surface area contributed by atoms with Crippen LogP contribution >= 0.6 is 0 Å². The average molecular weight is 178 g/mol. The second-order valence-electron chi connectivity index (χ2n) is 3.40. The standard InChI is InChI=1S/C10H14N2O/c1-2-8-4-3-5-11-10(8)12-6-9(13)7-12/h3-5,9,13H,2,6-7H2,1H3. The zero-order valence-electron chi connectivity index (χ0n) is 7.77. The maximum absolute atomic E-state index is 9.17. The van der Waals surface area contributed by atoms with Gasteiger partial charge in [-0.15, -0.1) is 0 Å². The van der Waals surface area contributed by atoms with Crippen LogP contribution in [0.3, 0.4) is 0 Å². The number of β-amino-alcohol motifs (C(OH)–C–C–N with tert-alkyl or cyclic N) is 1. The van der Waals surface area contributed by atoms with Crippen LogP contribution < -0.4 is 4.90 Å². The Bertz CT molecular complexity index is 295. The van der Waals surface area contributed by atoms with Gasteiger partial charge in [0.15, 0.2) is 0 Å². The van der Waals surface area contributed by atoms with E-state index in [1.54, 1.807) is 6.20 Å². The number of hydrogen-bond donors (Lipinski definition) is 1. The average Bonchev–Trinajstić information content (AvgIpc) is 2.13.